The Labute approximate surface area is 114 Å². The molecule has 1 fully saturated rings. The number of hydrogen-bond donors (Lipinski definition) is 2. The zero-order chi connectivity index (χ0) is 13.9. The van der Waals surface area contributed by atoms with E-state index in [-0.39, 0.29) is 11.6 Å². The molecule has 0 amide bonds. The monoisotopic (exact) mass is 268 g/mol. The van der Waals surface area contributed by atoms with Crippen molar-refractivity contribution in [2.45, 2.75) is 52.2 Å². The van der Waals surface area contributed by atoms with Crippen molar-refractivity contribution < 1.29 is 9.15 Å². The van der Waals surface area contributed by atoms with Gasteiger partial charge in [-0.1, -0.05) is 5.10 Å². The van der Waals surface area contributed by atoms with Crippen molar-refractivity contribution in [2.75, 3.05) is 18.5 Å². The standard InChI is InChI=1S/C13H24N4O2/c1-9(10-5-6-18-8-10)15-12-17-16-11(19-12)7-14-13(2,3)4/h9-10,14H,5-8H2,1-4H3,(H,15,17). The van der Waals surface area contributed by atoms with Gasteiger partial charge in [-0.3, -0.25) is 0 Å². The Hall–Kier alpha value is -1.14. The summed E-state index contributed by atoms with van der Waals surface area (Å²) >= 11 is 0. The SMILES string of the molecule is CC(Nc1nnc(CNC(C)(C)C)o1)C1CCOC1. The van der Waals surface area contributed by atoms with Crippen LogP contribution in [0, 0.1) is 5.92 Å². The third-order valence-electron chi connectivity index (χ3n) is 3.26. The van der Waals surface area contributed by atoms with Crippen LogP contribution >= 0.6 is 0 Å². The van der Waals surface area contributed by atoms with Crippen molar-refractivity contribution in [3.8, 4) is 0 Å². The lowest BCUT2D eigenvalue weighted by molar-refractivity contribution is 0.183. The molecule has 0 bridgehead atoms. The highest BCUT2D eigenvalue weighted by molar-refractivity contribution is 5.19. The topological polar surface area (TPSA) is 72.2 Å². The third-order valence-corrected chi connectivity index (χ3v) is 3.26. The lowest BCUT2D eigenvalue weighted by atomic mass is 10.0. The van der Waals surface area contributed by atoms with Crippen molar-refractivity contribution in [3.05, 3.63) is 5.89 Å². The molecule has 108 valence electrons. The summed E-state index contributed by atoms with van der Waals surface area (Å²) < 4.78 is 11.0. The van der Waals surface area contributed by atoms with E-state index in [1.807, 2.05) is 0 Å². The second kappa shape index (κ2) is 5.88. The van der Waals surface area contributed by atoms with Crippen LogP contribution in [-0.4, -0.2) is 35.0 Å². The summed E-state index contributed by atoms with van der Waals surface area (Å²) in [5.74, 6) is 1.12. The average molecular weight is 268 g/mol. The molecule has 0 spiro atoms. The number of anilines is 1. The summed E-state index contributed by atoms with van der Waals surface area (Å²) in [6, 6.07) is 0.775. The van der Waals surface area contributed by atoms with Crippen molar-refractivity contribution in [1.82, 2.24) is 15.5 Å². The van der Waals surface area contributed by atoms with Crippen LogP contribution in [0.4, 0.5) is 6.01 Å². The van der Waals surface area contributed by atoms with Gasteiger partial charge in [0.2, 0.25) is 5.89 Å². The van der Waals surface area contributed by atoms with Crippen LogP contribution in [0.3, 0.4) is 0 Å². The number of ether oxygens (including phenoxy) is 1. The molecule has 6 nitrogen and oxygen atoms in total. The molecule has 0 aromatic carbocycles. The van der Waals surface area contributed by atoms with Gasteiger partial charge >= 0.3 is 6.01 Å². The molecular formula is C13H24N4O2. The minimum atomic E-state index is 0.0382. The van der Waals surface area contributed by atoms with E-state index in [2.05, 4.69) is 48.5 Å². The van der Waals surface area contributed by atoms with E-state index >= 15 is 0 Å². The van der Waals surface area contributed by atoms with E-state index in [1.54, 1.807) is 0 Å². The van der Waals surface area contributed by atoms with E-state index < -0.39 is 0 Å². The van der Waals surface area contributed by atoms with Crippen molar-refractivity contribution >= 4 is 6.01 Å². The van der Waals surface area contributed by atoms with Gasteiger partial charge in [-0.05, 0) is 34.1 Å². The quantitative estimate of drug-likeness (QED) is 0.848. The Morgan fingerprint density at radius 2 is 2.16 bits per heavy atom. The molecule has 1 aromatic heterocycles. The maximum absolute atomic E-state index is 5.57. The number of aromatic nitrogens is 2. The summed E-state index contributed by atoms with van der Waals surface area (Å²) in [7, 11) is 0. The van der Waals surface area contributed by atoms with Crippen LogP contribution in [0.1, 0.15) is 40.0 Å². The van der Waals surface area contributed by atoms with Gasteiger partial charge in [0.05, 0.1) is 13.2 Å². The van der Waals surface area contributed by atoms with Gasteiger partial charge in [-0.15, -0.1) is 5.10 Å². The van der Waals surface area contributed by atoms with E-state index in [4.69, 9.17) is 9.15 Å². The van der Waals surface area contributed by atoms with Crippen LogP contribution in [0.15, 0.2) is 4.42 Å². The van der Waals surface area contributed by atoms with Crippen LogP contribution in [0.25, 0.3) is 0 Å². The minimum Gasteiger partial charge on any atom is -0.407 e. The van der Waals surface area contributed by atoms with E-state index in [9.17, 15) is 0 Å². The summed E-state index contributed by atoms with van der Waals surface area (Å²) in [6.45, 7) is 10.7. The number of nitrogens with one attached hydrogen (secondary N) is 2. The molecule has 2 rings (SSSR count). The van der Waals surface area contributed by atoms with Gasteiger partial charge in [-0.2, -0.15) is 0 Å². The first-order valence-corrected chi connectivity index (χ1v) is 6.86. The minimum absolute atomic E-state index is 0.0382. The fourth-order valence-electron chi connectivity index (χ4n) is 1.98. The maximum Gasteiger partial charge on any atom is 0.315 e. The molecule has 2 heterocycles. The van der Waals surface area contributed by atoms with Crippen LogP contribution in [0.2, 0.25) is 0 Å². The molecular weight excluding hydrogens is 244 g/mol. The molecule has 1 aromatic rings. The molecule has 6 heteroatoms. The molecule has 1 aliphatic heterocycles. The molecule has 0 aliphatic carbocycles. The third kappa shape index (κ3) is 4.47. The zero-order valence-electron chi connectivity index (χ0n) is 12.2. The number of nitrogens with zero attached hydrogens (tertiary/aromatic N) is 2. The molecule has 2 N–H and O–H groups in total. The van der Waals surface area contributed by atoms with E-state index in [0.717, 1.165) is 19.6 Å². The predicted molar refractivity (Wildman–Crippen MR) is 72.9 cm³/mol. The molecule has 0 radical (unpaired) electrons. The summed E-state index contributed by atoms with van der Waals surface area (Å²) in [5.41, 5.74) is 0.0382. The Morgan fingerprint density at radius 1 is 1.37 bits per heavy atom. The molecule has 0 saturated carbocycles. The largest absolute Gasteiger partial charge is 0.407 e. The second-order valence-electron chi connectivity index (χ2n) is 6.16. The number of rotatable bonds is 5. The molecule has 2 unspecified atom stereocenters. The Balaban J connectivity index is 1.83. The molecule has 2 atom stereocenters. The Bertz CT molecular complexity index is 394. The lowest BCUT2D eigenvalue weighted by Gasteiger charge is -2.19. The fourth-order valence-corrected chi connectivity index (χ4v) is 1.98. The highest BCUT2D eigenvalue weighted by atomic mass is 16.5. The van der Waals surface area contributed by atoms with Gasteiger partial charge in [0.1, 0.15) is 0 Å². The zero-order valence-corrected chi connectivity index (χ0v) is 12.2. The van der Waals surface area contributed by atoms with Gasteiger partial charge < -0.3 is 19.8 Å². The fraction of sp³-hybridized carbons (Fsp3) is 0.846. The molecule has 1 aliphatic rings. The highest BCUT2D eigenvalue weighted by Crippen LogP contribution is 2.19. The van der Waals surface area contributed by atoms with Crippen LogP contribution in [-0.2, 0) is 11.3 Å². The Kier molecular flexibility index (Phi) is 4.42. The molecule has 19 heavy (non-hydrogen) atoms. The average Bonchev–Trinajstić information content (AvgIpc) is 2.96. The van der Waals surface area contributed by atoms with Gasteiger partial charge in [-0.25, -0.2) is 0 Å². The van der Waals surface area contributed by atoms with Gasteiger partial charge in [0.15, 0.2) is 0 Å². The molecule has 1 saturated heterocycles. The van der Waals surface area contributed by atoms with E-state index in [1.165, 1.54) is 0 Å². The lowest BCUT2D eigenvalue weighted by Crippen LogP contribution is -2.35. The first-order valence-electron chi connectivity index (χ1n) is 6.86. The maximum atomic E-state index is 5.57. The van der Waals surface area contributed by atoms with Gasteiger partial charge in [0.25, 0.3) is 0 Å². The van der Waals surface area contributed by atoms with Crippen molar-refractivity contribution in [1.29, 1.82) is 0 Å². The van der Waals surface area contributed by atoms with Crippen molar-refractivity contribution in [2.24, 2.45) is 5.92 Å². The van der Waals surface area contributed by atoms with Gasteiger partial charge in [0, 0.05) is 24.1 Å². The van der Waals surface area contributed by atoms with E-state index in [0.29, 0.717) is 24.4 Å². The number of hydrogen-bond acceptors (Lipinski definition) is 6. The smallest absolute Gasteiger partial charge is 0.315 e. The predicted octanol–water partition coefficient (Wildman–Crippen LogP) is 1.79. The first kappa shape index (κ1) is 14.3. The normalized spacial score (nSPS) is 21.6. The Morgan fingerprint density at radius 3 is 2.79 bits per heavy atom. The summed E-state index contributed by atoms with van der Waals surface area (Å²) in [6.07, 6.45) is 1.08. The van der Waals surface area contributed by atoms with Crippen molar-refractivity contribution in [3.63, 3.8) is 0 Å². The second-order valence-corrected chi connectivity index (χ2v) is 6.16. The summed E-state index contributed by atoms with van der Waals surface area (Å²) in [5, 5.41) is 14.6. The van der Waals surface area contributed by atoms with Crippen LogP contribution < -0.4 is 10.6 Å². The first-order chi connectivity index (χ1) is 8.94. The highest BCUT2D eigenvalue weighted by Gasteiger charge is 2.23. The van der Waals surface area contributed by atoms with Crippen LogP contribution in [0.5, 0.6) is 0 Å². The summed E-state index contributed by atoms with van der Waals surface area (Å²) in [4.78, 5) is 0.